The van der Waals surface area contributed by atoms with Crippen molar-refractivity contribution in [2.24, 2.45) is 5.92 Å². The molecule has 0 amide bonds. The second-order valence-electron chi connectivity index (χ2n) is 4.37. The maximum absolute atomic E-state index is 10.8. The lowest BCUT2D eigenvalue weighted by molar-refractivity contribution is -0.385. The minimum Gasteiger partial charge on any atom is -0.491 e. The van der Waals surface area contributed by atoms with Gasteiger partial charge in [-0.3, -0.25) is 10.1 Å². The number of rotatable bonds is 7. The van der Waals surface area contributed by atoms with Gasteiger partial charge in [0.25, 0.3) is 5.69 Å². The van der Waals surface area contributed by atoms with Gasteiger partial charge in [-0.25, -0.2) is 0 Å². The molecule has 102 valence electrons. The molecule has 19 heavy (non-hydrogen) atoms. The van der Waals surface area contributed by atoms with Gasteiger partial charge in [-0.05, 0) is 18.1 Å². The van der Waals surface area contributed by atoms with E-state index in [0.717, 1.165) is 0 Å². The Morgan fingerprint density at radius 1 is 1.42 bits per heavy atom. The summed E-state index contributed by atoms with van der Waals surface area (Å²) in [6, 6.07) is 5.94. The van der Waals surface area contributed by atoms with Gasteiger partial charge >= 0.3 is 0 Å². The zero-order chi connectivity index (χ0) is 14.3. The predicted molar refractivity (Wildman–Crippen MR) is 69.0 cm³/mol. The fourth-order valence-corrected chi connectivity index (χ4v) is 1.38. The summed E-state index contributed by atoms with van der Waals surface area (Å²) in [5.74, 6) is 0.815. The molecule has 0 atom stereocenters. The van der Waals surface area contributed by atoms with Gasteiger partial charge in [-0.15, -0.1) is 0 Å². The van der Waals surface area contributed by atoms with Crippen molar-refractivity contribution < 1.29 is 14.4 Å². The molecule has 0 N–H and O–H groups in total. The minimum absolute atomic E-state index is 0.0217. The van der Waals surface area contributed by atoms with Gasteiger partial charge < -0.3 is 9.47 Å². The van der Waals surface area contributed by atoms with E-state index in [0.29, 0.717) is 31.5 Å². The Hall–Kier alpha value is -2.13. The zero-order valence-corrected chi connectivity index (χ0v) is 11.0. The van der Waals surface area contributed by atoms with Crippen molar-refractivity contribution in [2.45, 2.75) is 13.8 Å². The predicted octanol–water partition coefficient (Wildman–Crippen LogP) is 2.52. The van der Waals surface area contributed by atoms with Gasteiger partial charge in [0.2, 0.25) is 0 Å². The van der Waals surface area contributed by atoms with Crippen molar-refractivity contribution >= 4 is 5.69 Å². The molecule has 0 heterocycles. The standard InChI is InChI=1S/C13H16N2O4/c1-10(2)9-18-5-6-19-12-4-3-11(8-14)13(7-12)15(16)17/h3-4,7,10H,5-6,9H2,1-2H3. The number of nitrogens with zero attached hydrogens (tertiary/aromatic N) is 2. The van der Waals surface area contributed by atoms with E-state index < -0.39 is 4.92 Å². The Morgan fingerprint density at radius 3 is 2.74 bits per heavy atom. The average molecular weight is 264 g/mol. The Labute approximate surface area is 111 Å². The van der Waals surface area contributed by atoms with Crippen LogP contribution in [-0.2, 0) is 4.74 Å². The van der Waals surface area contributed by atoms with E-state index in [1.54, 1.807) is 6.07 Å². The minimum atomic E-state index is -0.597. The van der Waals surface area contributed by atoms with Gasteiger partial charge in [-0.2, -0.15) is 5.26 Å². The van der Waals surface area contributed by atoms with E-state index in [-0.39, 0.29) is 11.3 Å². The molecular formula is C13H16N2O4. The smallest absolute Gasteiger partial charge is 0.290 e. The SMILES string of the molecule is CC(C)COCCOc1ccc(C#N)c([N+](=O)[O-])c1. The molecule has 0 fully saturated rings. The second-order valence-corrected chi connectivity index (χ2v) is 4.37. The fraction of sp³-hybridized carbons (Fsp3) is 0.462. The third kappa shape index (κ3) is 4.94. The van der Waals surface area contributed by atoms with Crippen LogP contribution in [0.3, 0.4) is 0 Å². The molecule has 0 aliphatic carbocycles. The van der Waals surface area contributed by atoms with Gasteiger partial charge in [-0.1, -0.05) is 13.8 Å². The normalized spacial score (nSPS) is 10.2. The molecule has 1 aromatic carbocycles. The third-order valence-corrected chi connectivity index (χ3v) is 2.23. The highest BCUT2D eigenvalue weighted by Crippen LogP contribution is 2.23. The summed E-state index contributed by atoms with van der Waals surface area (Å²) < 4.78 is 10.7. The first-order valence-corrected chi connectivity index (χ1v) is 5.93. The molecule has 0 aliphatic rings. The first-order chi connectivity index (χ1) is 9.04. The van der Waals surface area contributed by atoms with Crippen molar-refractivity contribution in [3.05, 3.63) is 33.9 Å². The summed E-state index contributed by atoms with van der Waals surface area (Å²) in [4.78, 5) is 10.2. The maximum Gasteiger partial charge on any atom is 0.290 e. The lowest BCUT2D eigenvalue weighted by Gasteiger charge is -2.08. The Morgan fingerprint density at radius 2 is 2.16 bits per heavy atom. The van der Waals surface area contributed by atoms with Crippen molar-refractivity contribution in [1.29, 1.82) is 5.26 Å². The molecule has 0 aromatic heterocycles. The van der Waals surface area contributed by atoms with E-state index in [9.17, 15) is 10.1 Å². The van der Waals surface area contributed by atoms with Crippen molar-refractivity contribution in [2.75, 3.05) is 19.8 Å². The van der Waals surface area contributed by atoms with Crippen LogP contribution in [0.25, 0.3) is 0 Å². The van der Waals surface area contributed by atoms with E-state index in [1.807, 2.05) is 13.8 Å². The summed E-state index contributed by atoms with van der Waals surface area (Å²) >= 11 is 0. The Bertz CT molecular complexity index is 480. The first kappa shape index (κ1) is 14.9. The average Bonchev–Trinajstić information content (AvgIpc) is 2.37. The molecule has 0 bridgehead atoms. The first-order valence-electron chi connectivity index (χ1n) is 5.93. The molecule has 0 saturated heterocycles. The van der Waals surface area contributed by atoms with Crippen LogP contribution in [0, 0.1) is 27.4 Å². The molecule has 6 nitrogen and oxygen atoms in total. The number of nitro groups is 1. The third-order valence-electron chi connectivity index (χ3n) is 2.23. The van der Waals surface area contributed by atoms with Crippen LogP contribution in [-0.4, -0.2) is 24.7 Å². The molecule has 6 heteroatoms. The van der Waals surface area contributed by atoms with Gasteiger partial charge in [0.05, 0.1) is 17.6 Å². The highest BCUT2D eigenvalue weighted by molar-refractivity contribution is 5.52. The summed E-state index contributed by atoms with van der Waals surface area (Å²) in [6.45, 7) is 5.48. The van der Waals surface area contributed by atoms with Gasteiger partial charge in [0.15, 0.2) is 0 Å². The van der Waals surface area contributed by atoms with E-state index in [1.165, 1.54) is 18.2 Å². The second kappa shape index (κ2) is 7.34. The van der Waals surface area contributed by atoms with Crippen LogP contribution in [0.4, 0.5) is 5.69 Å². The van der Waals surface area contributed by atoms with E-state index in [4.69, 9.17) is 14.7 Å². The number of nitro benzene ring substituents is 1. The molecule has 0 spiro atoms. The van der Waals surface area contributed by atoms with E-state index in [2.05, 4.69) is 0 Å². The quantitative estimate of drug-likeness (QED) is 0.429. The lowest BCUT2D eigenvalue weighted by Crippen LogP contribution is -2.10. The molecule has 0 radical (unpaired) electrons. The molecule has 1 rings (SSSR count). The Balaban J connectivity index is 2.54. The largest absolute Gasteiger partial charge is 0.491 e. The fourth-order valence-electron chi connectivity index (χ4n) is 1.38. The summed E-state index contributed by atoms with van der Waals surface area (Å²) in [7, 11) is 0. The Kier molecular flexibility index (Phi) is 5.76. The zero-order valence-electron chi connectivity index (χ0n) is 11.0. The van der Waals surface area contributed by atoms with Crippen LogP contribution in [0.15, 0.2) is 18.2 Å². The van der Waals surface area contributed by atoms with Crippen molar-refractivity contribution in [3.8, 4) is 11.8 Å². The van der Waals surface area contributed by atoms with Crippen LogP contribution in [0.1, 0.15) is 19.4 Å². The van der Waals surface area contributed by atoms with Crippen LogP contribution < -0.4 is 4.74 Å². The molecular weight excluding hydrogens is 248 g/mol. The lowest BCUT2D eigenvalue weighted by atomic mass is 10.2. The number of benzene rings is 1. The summed E-state index contributed by atoms with van der Waals surface area (Å²) in [6.07, 6.45) is 0. The highest BCUT2D eigenvalue weighted by Gasteiger charge is 2.14. The highest BCUT2D eigenvalue weighted by atomic mass is 16.6. The van der Waals surface area contributed by atoms with Gasteiger partial charge in [0, 0.05) is 6.61 Å². The number of nitriles is 1. The number of hydrogen-bond acceptors (Lipinski definition) is 5. The number of hydrogen-bond donors (Lipinski definition) is 0. The van der Waals surface area contributed by atoms with Crippen LogP contribution in [0.5, 0.6) is 5.75 Å². The van der Waals surface area contributed by atoms with Crippen molar-refractivity contribution in [3.63, 3.8) is 0 Å². The molecule has 1 aromatic rings. The van der Waals surface area contributed by atoms with Crippen LogP contribution >= 0.6 is 0 Å². The maximum atomic E-state index is 10.8. The summed E-state index contributed by atoms with van der Waals surface area (Å²) in [5.41, 5.74) is -0.225. The van der Waals surface area contributed by atoms with Gasteiger partial charge in [0.1, 0.15) is 24.0 Å². The topological polar surface area (TPSA) is 85.4 Å². The monoisotopic (exact) mass is 264 g/mol. The molecule has 0 saturated carbocycles. The van der Waals surface area contributed by atoms with E-state index >= 15 is 0 Å². The number of ether oxygens (including phenoxy) is 2. The van der Waals surface area contributed by atoms with Crippen LogP contribution in [0.2, 0.25) is 0 Å². The molecule has 0 aliphatic heterocycles. The van der Waals surface area contributed by atoms with Crippen molar-refractivity contribution in [1.82, 2.24) is 0 Å². The summed E-state index contributed by atoms with van der Waals surface area (Å²) in [5, 5.41) is 19.5. The molecule has 0 unspecified atom stereocenters.